The molecule has 3 nitrogen and oxygen atoms in total. The Morgan fingerprint density at radius 1 is 1.57 bits per heavy atom. The number of amidine groups is 1. The van der Waals surface area contributed by atoms with Crippen molar-refractivity contribution in [2.45, 2.75) is 6.04 Å². The number of nitrogens with zero attached hydrogens (tertiary/aromatic N) is 1. The fourth-order valence-electron chi connectivity index (χ4n) is 1.32. The van der Waals surface area contributed by atoms with Crippen molar-refractivity contribution >= 4 is 22.0 Å². The van der Waals surface area contributed by atoms with Gasteiger partial charge in [-0.3, -0.25) is 0 Å². The molecule has 0 saturated carbocycles. The lowest BCUT2D eigenvalue weighted by molar-refractivity contribution is 0.312. The summed E-state index contributed by atoms with van der Waals surface area (Å²) < 4.78 is 19.1. The summed E-state index contributed by atoms with van der Waals surface area (Å²) in [7, 11) is 0. The van der Waals surface area contributed by atoms with Gasteiger partial charge in [-0.1, -0.05) is 22.0 Å². The van der Waals surface area contributed by atoms with E-state index in [1.165, 1.54) is 6.07 Å². The maximum absolute atomic E-state index is 13.4. The number of aliphatic imine (C=N–C) groups is 1. The Morgan fingerprint density at radius 3 is 2.93 bits per heavy atom. The van der Waals surface area contributed by atoms with Gasteiger partial charge in [-0.15, -0.1) is 0 Å². The fraction of sp³-hybridized carbons (Fsp3) is 0.222. The summed E-state index contributed by atoms with van der Waals surface area (Å²) in [5, 5.41) is 0. The van der Waals surface area contributed by atoms with E-state index in [1.54, 1.807) is 12.1 Å². The molecule has 2 N–H and O–H groups in total. The van der Waals surface area contributed by atoms with Crippen LogP contribution >= 0.6 is 15.9 Å². The summed E-state index contributed by atoms with van der Waals surface area (Å²) in [6, 6.07) is 4.65. The number of hydrogen-bond acceptors (Lipinski definition) is 3. The Morgan fingerprint density at radius 2 is 2.36 bits per heavy atom. The summed E-state index contributed by atoms with van der Waals surface area (Å²) in [6.07, 6.45) is 0. The molecule has 14 heavy (non-hydrogen) atoms. The van der Waals surface area contributed by atoms with E-state index in [9.17, 15) is 4.39 Å². The molecular formula is C9H8BrFN2O. The molecule has 1 aromatic carbocycles. The van der Waals surface area contributed by atoms with Gasteiger partial charge in [-0.25, -0.2) is 9.38 Å². The van der Waals surface area contributed by atoms with E-state index in [-0.39, 0.29) is 17.9 Å². The van der Waals surface area contributed by atoms with Crippen LogP contribution < -0.4 is 5.73 Å². The lowest BCUT2D eigenvalue weighted by Gasteiger charge is -2.06. The van der Waals surface area contributed by atoms with Crippen LogP contribution in [0.15, 0.2) is 27.7 Å². The summed E-state index contributed by atoms with van der Waals surface area (Å²) >= 11 is 3.18. The normalized spacial score (nSPS) is 20.4. The maximum Gasteiger partial charge on any atom is 0.282 e. The molecule has 0 fully saturated rings. The number of rotatable bonds is 1. The molecule has 1 heterocycles. The number of ether oxygens (including phenoxy) is 1. The van der Waals surface area contributed by atoms with E-state index in [0.29, 0.717) is 16.6 Å². The van der Waals surface area contributed by atoms with Crippen molar-refractivity contribution in [1.29, 1.82) is 0 Å². The molecule has 0 amide bonds. The highest BCUT2D eigenvalue weighted by Gasteiger charge is 2.21. The lowest BCUT2D eigenvalue weighted by atomic mass is 10.1. The predicted octanol–water partition coefficient (Wildman–Crippen LogP) is 1.97. The van der Waals surface area contributed by atoms with Gasteiger partial charge >= 0.3 is 0 Å². The molecule has 1 aliphatic rings. The summed E-state index contributed by atoms with van der Waals surface area (Å²) in [5.41, 5.74) is 5.85. The van der Waals surface area contributed by atoms with Crippen LogP contribution in [0.5, 0.6) is 0 Å². The average molecular weight is 259 g/mol. The third-order valence-electron chi connectivity index (χ3n) is 1.99. The SMILES string of the molecule is NC1=N[C@H](c2ccc(Br)cc2F)CO1. The first-order chi connectivity index (χ1) is 6.66. The summed E-state index contributed by atoms with van der Waals surface area (Å²) in [4.78, 5) is 3.97. The molecule has 0 aromatic heterocycles. The molecule has 0 saturated heterocycles. The zero-order valence-corrected chi connectivity index (χ0v) is 8.79. The molecule has 1 aromatic rings. The second-order valence-corrected chi connectivity index (χ2v) is 3.88. The topological polar surface area (TPSA) is 47.6 Å². The second kappa shape index (κ2) is 3.57. The largest absolute Gasteiger partial charge is 0.463 e. The van der Waals surface area contributed by atoms with E-state index >= 15 is 0 Å². The average Bonchev–Trinajstić information content (AvgIpc) is 2.51. The van der Waals surface area contributed by atoms with Crippen LogP contribution in [-0.2, 0) is 4.74 Å². The van der Waals surface area contributed by atoms with E-state index < -0.39 is 0 Å². The van der Waals surface area contributed by atoms with Crippen LogP contribution in [-0.4, -0.2) is 12.6 Å². The van der Waals surface area contributed by atoms with Gasteiger partial charge in [0.25, 0.3) is 6.02 Å². The molecule has 0 unspecified atom stereocenters. The zero-order valence-electron chi connectivity index (χ0n) is 7.21. The lowest BCUT2D eigenvalue weighted by Crippen LogP contribution is -2.10. The van der Waals surface area contributed by atoms with Crippen molar-refractivity contribution in [3.8, 4) is 0 Å². The van der Waals surface area contributed by atoms with Crippen LogP contribution in [0.4, 0.5) is 4.39 Å². The minimum Gasteiger partial charge on any atom is -0.463 e. The molecule has 74 valence electrons. The van der Waals surface area contributed by atoms with Gasteiger partial charge in [0, 0.05) is 10.0 Å². The third kappa shape index (κ3) is 1.72. The van der Waals surface area contributed by atoms with Crippen molar-refractivity contribution in [3.05, 3.63) is 34.1 Å². The predicted molar refractivity (Wildman–Crippen MR) is 54.4 cm³/mol. The number of benzene rings is 1. The fourth-order valence-corrected chi connectivity index (χ4v) is 1.66. The van der Waals surface area contributed by atoms with Crippen LogP contribution in [0.25, 0.3) is 0 Å². The Labute approximate surface area is 88.9 Å². The molecule has 1 aliphatic heterocycles. The van der Waals surface area contributed by atoms with E-state index in [0.717, 1.165) is 0 Å². The number of hydrogen-bond donors (Lipinski definition) is 1. The van der Waals surface area contributed by atoms with Gasteiger partial charge in [0.1, 0.15) is 18.5 Å². The minimum absolute atomic E-state index is 0.123. The van der Waals surface area contributed by atoms with Crippen molar-refractivity contribution < 1.29 is 9.13 Å². The first-order valence-electron chi connectivity index (χ1n) is 4.08. The van der Waals surface area contributed by atoms with Crippen molar-refractivity contribution in [1.82, 2.24) is 0 Å². The standard InChI is InChI=1S/C9H8BrFN2O/c10-5-1-2-6(7(11)3-5)8-4-14-9(12)13-8/h1-3,8H,4H2,(H2,12,13)/t8-/m0/s1. The maximum atomic E-state index is 13.4. The Bertz CT molecular complexity index is 394. The summed E-state index contributed by atoms with van der Waals surface area (Å²) in [5.74, 6) is -0.300. The number of halogens is 2. The van der Waals surface area contributed by atoms with Crippen molar-refractivity contribution in [3.63, 3.8) is 0 Å². The zero-order chi connectivity index (χ0) is 10.1. The molecule has 0 spiro atoms. The minimum atomic E-state index is -0.317. The molecule has 0 bridgehead atoms. The Kier molecular flexibility index (Phi) is 2.41. The smallest absolute Gasteiger partial charge is 0.282 e. The van der Waals surface area contributed by atoms with Gasteiger partial charge in [0.2, 0.25) is 0 Å². The highest BCUT2D eigenvalue weighted by Crippen LogP contribution is 2.26. The van der Waals surface area contributed by atoms with E-state index in [4.69, 9.17) is 10.5 Å². The molecule has 2 rings (SSSR count). The van der Waals surface area contributed by atoms with Crippen LogP contribution in [0.3, 0.4) is 0 Å². The van der Waals surface area contributed by atoms with Gasteiger partial charge in [-0.2, -0.15) is 0 Å². The van der Waals surface area contributed by atoms with Gasteiger partial charge in [0.05, 0.1) is 0 Å². The molecule has 0 radical (unpaired) electrons. The van der Waals surface area contributed by atoms with Gasteiger partial charge in [0.15, 0.2) is 0 Å². The van der Waals surface area contributed by atoms with Crippen LogP contribution in [0, 0.1) is 5.82 Å². The van der Waals surface area contributed by atoms with Gasteiger partial charge in [-0.05, 0) is 12.1 Å². The third-order valence-corrected chi connectivity index (χ3v) is 2.49. The molecular weight excluding hydrogens is 251 g/mol. The first-order valence-corrected chi connectivity index (χ1v) is 4.87. The quantitative estimate of drug-likeness (QED) is 0.838. The molecule has 5 heteroatoms. The van der Waals surface area contributed by atoms with Gasteiger partial charge < -0.3 is 10.5 Å². The highest BCUT2D eigenvalue weighted by molar-refractivity contribution is 9.10. The Hall–Kier alpha value is -1.10. The van der Waals surface area contributed by atoms with E-state index in [2.05, 4.69) is 20.9 Å². The van der Waals surface area contributed by atoms with E-state index in [1.807, 2.05) is 0 Å². The van der Waals surface area contributed by atoms with Crippen molar-refractivity contribution in [2.24, 2.45) is 10.7 Å². The Balaban J connectivity index is 2.33. The first kappa shape index (κ1) is 9.45. The molecule has 1 atom stereocenters. The monoisotopic (exact) mass is 258 g/mol. The molecule has 0 aliphatic carbocycles. The number of nitrogens with two attached hydrogens (primary N) is 1. The van der Waals surface area contributed by atoms with Crippen LogP contribution in [0.1, 0.15) is 11.6 Å². The van der Waals surface area contributed by atoms with Crippen LogP contribution in [0.2, 0.25) is 0 Å². The van der Waals surface area contributed by atoms with Crippen molar-refractivity contribution in [2.75, 3.05) is 6.61 Å². The highest BCUT2D eigenvalue weighted by atomic mass is 79.9. The second-order valence-electron chi connectivity index (χ2n) is 2.96. The summed E-state index contributed by atoms with van der Waals surface area (Å²) in [6.45, 7) is 0.310.